The van der Waals surface area contributed by atoms with Crippen molar-refractivity contribution >= 4 is 29.1 Å². The zero-order valence-corrected chi connectivity index (χ0v) is 13.9. The van der Waals surface area contributed by atoms with Gasteiger partial charge < -0.3 is 10.6 Å². The van der Waals surface area contributed by atoms with Crippen molar-refractivity contribution in [2.45, 2.75) is 26.3 Å². The van der Waals surface area contributed by atoms with Crippen molar-refractivity contribution in [2.75, 3.05) is 5.32 Å². The molecule has 2 N–H and O–H groups in total. The molecule has 1 unspecified atom stereocenters. The van der Waals surface area contributed by atoms with Crippen LogP contribution in [-0.2, 0) is 9.59 Å². The molecule has 4 nitrogen and oxygen atoms in total. The Balaban J connectivity index is 1.90. The van der Waals surface area contributed by atoms with Crippen LogP contribution in [0, 0.1) is 6.92 Å². The number of amides is 2. The van der Waals surface area contributed by atoms with Crippen LogP contribution in [0.25, 0.3) is 0 Å². The first-order chi connectivity index (χ1) is 11.0. The minimum atomic E-state index is -0.367. The van der Waals surface area contributed by atoms with Crippen LogP contribution in [0.5, 0.6) is 0 Å². The predicted molar refractivity (Wildman–Crippen MR) is 92.4 cm³/mol. The van der Waals surface area contributed by atoms with Crippen molar-refractivity contribution in [3.05, 3.63) is 64.7 Å². The Labute approximate surface area is 140 Å². The molecule has 5 heteroatoms. The van der Waals surface area contributed by atoms with Crippen molar-refractivity contribution in [3.8, 4) is 0 Å². The molecular weight excluding hydrogens is 312 g/mol. The fourth-order valence-electron chi connectivity index (χ4n) is 2.19. The van der Waals surface area contributed by atoms with Crippen LogP contribution in [0.15, 0.2) is 48.5 Å². The van der Waals surface area contributed by atoms with Gasteiger partial charge in [-0.15, -0.1) is 0 Å². The Hall–Kier alpha value is -2.33. The Morgan fingerprint density at radius 1 is 1.09 bits per heavy atom. The first kappa shape index (κ1) is 17.0. The molecule has 0 spiro atoms. The molecule has 120 valence electrons. The summed E-state index contributed by atoms with van der Waals surface area (Å²) in [4.78, 5) is 24.0. The maximum absolute atomic E-state index is 12.0. The number of benzene rings is 2. The van der Waals surface area contributed by atoms with Crippen molar-refractivity contribution in [1.82, 2.24) is 5.32 Å². The van der Waals surface area contributed by atoms with Crippen LogP contribution in [0.4, 0.5) is 5.69 Å². The first-order valence-corrected chi connectivity index (χ1v) is 7.74. The molecule has 2 amide bonds. The van der Waals surface area contributed by atoms with E-state index in [1.54, 1.807) is 12.1 Å². The fraction of sp³-hybridized carbons (Fsp3) is 0.222. The smallest absolute Gasteiger partial charge is 0.233 e. The van der Waals surface area contributed by atoms with E-state index in [2.05, 4.69) is 10.6 Å². The molecule has 0 aliphatic heterocycles. The second-order valence-corrected chi connectivity index (χ2v) is 5.82. The van der Waals surface area contributed by atoms with E-state index in [-0.39, 0.29) is 24.3 Å². The number of nitrogens with one attached hydrogen (secondary N) is 2. The third kappa shape index (κ3) is 5.11. The summed E-state index contributed by atoms with van der Waals surface area (Å²) in [6.45, 7) is 3.75. The summed E-state index contributed by atoms with van der Waals surface area (Å²) in [6.07, 6.45) is -0.233. The van der Waals surface area contributed by atoms with Crippen LogP contribution < -0.4 is 10.6 Å². The summed E-state index contributed by atoms with van der Waals surface area (Å²) >= 11 is 5.91. The molecule has 0 heterocycles. The lowest BCUT2D eigenvalue weighted by atomic mass is 10.1. The van der Waals surface area contributed by atoms with Gasteiger partial charge >= 0.3 is 0 Å². The average Bonchev–Trinajstić information content (AvgIpc) is 2.51. The lowest BCUT2D eigenvalue weighted by Crippen LogP contribution is -2.30. The molecule has 0 radical (unpaired) electrons. The third-order valence-corrected chi connectivity index (χ3v) is 3.71. The van der Waals surface area contributed by atoms with Gasteiger partial charge in [0.2, 0.25) is 11.8 Å². The van der Waals surface area contributed by atoms with Gasteiger partial charge in [0.1, 0.15) is 6.42 Å². The second kappa shape index (κ2) is 7.79. The molecule has 23 heavy (non-hydrogen) atoms. The number of carbonyl (C=O) groups is 2. The Morgan fingerprint density at radius 3 is 2.48 bits per heavy atom. The lowest BCUT2D eigenvalue weighted by Gasteiger charge is -2.14. The molecule has 0 bridgehead atoms. The van der Waals surface area contributed by atoms with Gasteiger partial charge in [-0.1, -0.05) is 48.0 Å². The Kier molecular flexibility index (Phi) is 5.77. The van der Waals surface area contributed by atoms with E-state index >= 15 is 0 Å². The molecular formula is C18H19ClN2O2. The van der Waals surface area contributed by atoms with Gasteiger partial charge in [0.15, 0.2) is 0 Å². The molecule has 0 saturated carbocycles. The molecule has 0 fully saturated rings. The summed E-state index contributed by atoms with van der Waals surface area (Å²) in [5, 5.41) is 6.06. The van der Waals surface area contributed by atoms with Gasteiger partial charge in [-0.3, -0.25) is 9.59 Å². The monoisotopic (exact) mass is 330 g/mol. The summed E-state index contributed by atoms with van der Waals surface area (Å²) in [7, 11) is 0. The Morgan fingerprint density at radius 2 is 1.78 bits per heavy atom. The highest BCUT2D eigenvalue weighted by Gasteiger charge is 2.14. The number of aryl methyl sites for hydroxylation is 1. The number of carbonyl (C=O) groups excluding carboxylic acids is 2. The summed E-state index contributed by atoms with van der Waals surface area (Å²) in [6, 6.07) is 14.7. The minimum absolute atomic E-state index is 0.149. The molecule has 1 atom stereocenters. The highest BCUT2D eigenvalue weighted by molar-refractivity contribution is 6.31. The highest BCUT2D eigenvalue weighted by atomic mass is 35.5. The van der Waals surface area contributed by atoms with Crippen LogP contribution >= 0.6 is 11.6 Å². The van der Waals surface area contributed by atoms with Crippen molar-refractivity contribution in [2.24, 2.45) is 0 Å². The van der Waals surface area contributed by atoms with Gasteiger partial charge in [0.25, 0.3) is 0 Å². The van der Waals surface area contributed by atoms with Gasteiger partial charge in [0.05, 0.1) is 6.04 Å². The molecule has 0 saturated heterocycles. The second-order valence-electron chi connectivity index (χ2n) is 5.38. The molecule has 0 aliphatic rings. The van der Waals surface area contributed by atoms with Crippen molar-refractivity contribution < 1.29 is 9.59 Å². The maximum atomic E-state index is 12.0. The van der Waals surface area contributed by atoms with E-state index in [4.69, 9.17) is 11.6 Å². The van der Waals surface area contributed by atoms with Crippen molar-refractivity contribution in [1.29, 1.82) is 0 Å². The van der Waals surface area contributed by atoms with Crippen molar-refractivity contribution in [3.63, 3.8) is 0 Å². The summed E-state index contributed by atoms with van der Waals surface area (Å²) in [5.74, 6) is -0.688. The SMILES string of the molecule is Cc1ccc(Cl)cc1NC(=O)CC(=O)NC(C)c1ccccc1. The summed E-state index contributed by atoms with van der Waals surface area (Å²) in [5.41, 5.74) is 2.50. The number of hydrogen-bond donors (Lipinski definition) is 2. The standard InChI is InChI=1S/C18H19ClN2O2/c1-12-8-9-15(19)10-16(12)21-18(23)11-17(22)20-13(2)14-6-4-3-5-7-14/h3-10,13H,11H2,1-2H3,(H,20,22)(H,21,23). The van der Waals surface area contributed by atoms with Crippen LogP contribution in [0.2, 0.25) is 5.02 Å². The van der Waals surface area contributed by atoms with Gasteiger partial charge in [0, 0.05) is 10.7 Å². The van der Waals surface area contributed by atoms with E-state index in [0.717, 1.165) is 11.1 Å². The zero-order valence-electron chi connectivity index (χ0n) is 13.1. The normalized spacial score (nSPS) is 11.6. The molecule has 2 aromatic rings. The maximum Gasteiger partial charge on any atom is 0.233 e. The average molecular weight is 331 g/mol. The van der Waals surface area contributed by atoms with E-state index < -0.39 is 0 Å². The first-order valence-electron chi connectivity index (χ1n) is 7.36. The van der Waals surface area contributed by atoms with Crippen LogP contribution in [-0.4, -0.2) is 11.8 Å². The van der Waals surface area contributed by atoms with E-state index in [0.29, 0.717) is 10.7 Å². The van der Waals surface area contributed by atoms with E-state index in [9.17, 15) is 9.59 Å². The zero-order chi connectivity index (χ0) is 16.8. The van der Waals surface area contributed by atoms with Gasteiger partial charge in [-0.05, 0) is 37.1 Å². The fourth-order valence-corrected chi connectivity index (χ4v) is 2.36. The number of rotatable bonds is 5. The number of halogens is 1. The number of hydrogen-bond acceptors (Lipinski definition) is 2. The molecule has 2 rings (SSSR count). The quantitative estimate of drug-likeness (QED) is 0.818. The van der Waals surface area contributed by atoms with Gasteiger partial charge in [-0.2, -0.15) is 0 Å². The molecule has 2 aromatic carbocycles. The van der Waals surface area contributed by atoms with Crippen LogP contribution in [0.3, 0.4) is 0 Å². The van der Waals surface area contributed by atoms with E-state index in [1.807, 2.05) is 50.2 Å². The lowest BCUT2D eigenvalue weighted by molar-refractivity contribution is -0.127. The minimum Gasteiger partial charge on any atom is -0.349 e. The Bertz CT molecular complexity index is 701. The number of anilines is 1. The predicted octanol–water partition coefficient (Wildman–Crippen LogP) is 3.85. The largest absolute Gasteiger partial charge is 0.349 e. The highest BCUT2D eigenvalue weighted by Crippen LogP contribution is 2.20. The van der Waals surface area contributed by atoms with E-state index in [1.165, 1.54) is 0 Å². The summed E-state index contributed by atoms with van der Waals surface area (Å²) < 4.78 is 0. The topological polar surface area (TPSA) is 58.2 Å². The molecule has 0 aliphatic carbocycles. The van der Waals surface area contributed by atoms with Gasteiger partial charge in [-0.25, -0.2) is 0 Å². The van der Waals surface area contributed by atoms with Crippen LogP contribution in [0.1, 0.15) is 30.5 Å². The molecule has 0 aromatic heterocycles. The third-order valence-electron chi connectivity index (χ3n) is 3.47.